The lowest BCUT2D eigenvalue weighted by Crippen LogP contribution is -2.29. The number of anilines is 2. The summed E-state index contributed by atoms with van der Waals surface area (Å²) < 4.78 is 56.9. The van der Waals surface area contributed by atoms with Crippen molar-refractivity contribution >= 4 is 58.5 Å². The van der Waals surface area contributed by atoms with E-state index in [1.54, 1.807) is 10.6 Å². The maximum atomic E-state index is 13.8. The molecule has 2 aliphatic rings. The summed E-state index contributed by atoms with van der Waals surface area (Å²) in [6.45, 7) is 0. The van der Waals surface area contributed by atoms with Gasteiger partial charge in [-0.05, 0) is 0 Å². The fourth-order valence-electron chi connectivity index (χ4n) is 4.64. The van der Waals surface area contributed by atoms with Gasteiger partial charge in [0.15, 0.2) is 23.3 Å². The highest BCUT2D eigenvalue weighted by atomic mass is 35.5. The van der Waals surface area contributed by atoms with Gasteiger partial charge in [0.1, 0.15) is 46.6 Å². The molecule has 4 aromatic rings. The third-order valence-electron chi connectivity index (χ3n) is 6.46. The van der Waals surface area contributed by atoms with Crippen molar-refractivity contribution in [3.8, 4) is 0 Å². The number of hydrogen-bond donors (Lipinski definition) is 4. The van der Waals surface area contributed by atoms with Crippen LogP contribution in [0.3, 0.4) is 0 Å². The Bertz CT molecular complexity index is 1470. The van der Waals surface area contributed by atoms with Gasteiger partial charge in [-0.2, -0.15) is 0 Å². The lowest BCUT2D eigenvalue weighted by molar-refractivity contribution is -0.000952. The number of aliphatic hydroxyl groups excluding tert-OH is 2. The van der Waals surface area contributed by atoms with Crippen LogP contribution in [0.4, 0.5) is 29.2 Å². The van der Waals surface area contributed by atoms with E-state index in [1.165, 1.54) is 23.3 Å². The lowest BCUT2D eigenvalue weighted by atomic mass is 10.2. The number of imidazole rings is 2. The summed E-state index contributed by atoms with van der Waals surface area (Å²) in [5.41, 5.74) is 12.0. The van der Waals surface area contributed by atoms with Crippen molar-refractivity contribution < 1.29 is 27.8 Å². The largest absolute Gasteiger partial charge is 0.388 e. The first-order valence-electron chi connectivity index (χ1n) is 11.0. The molecule has 206 valence electrons. The summed E-state index contributed by atoms with van der Waals surface area (Å²) in [4.78, 5) is 15.3. The summed E-state index contributed by atoms with van der Waals surface area (Å²) in [6.07, 6.45) is 2.76. The van der Waals surface area contributed by atoms with Crippen LogP contribution in [0.15, 0.2) is 37.2 Å². The third kappa shape index (κ3) is 4.96. The van der Waals surface area contributed by atoms with Crippen molar-refractivity contribution in [1.82, 2.24) is 29.1 Å². The van der Waals surface area contributed by atoms with Gasteiger partial charge < -0.3 is 30.8 Å². The van der Waals surface area contributed by atoms with E-state index >= 15 is 0 Å². The zero-order valence-corrected chi connectivity index (χ0v) is 21.0. The van der Waals surface area contributed by atoms with Crippen molar-refractivity contribution in [2.75, 3.05) is 11.5 Å². The minimum atomic E-state index is -1.56. The highest BCUT2D eigenvalue weighted by Crippen LogP contribution is 2.36. The van der Waals surface area contributed by atoms with Gasteiger partial charge >= 0.3 is 0 Å². The van der Waals surface area contributed by atoms with Crippen LogP contribution in [0.25, 0.3) is 22.1 Å². The number of nitrogen functional groups attached to an aromatic ring is 2. The molecule has 6 N–H and O–H groups in total. The van der Waals surface area contributed by atoms with Crippen LogP contribution in [0.5, 0.6) is 0 Å². The molecule has 4 aromatic heterocycles. The Kier molecular flexibility index (Phi) is 8.71. The monoisotopic (exact) mass is 578 g/mol. The molecule has 0 unspecified atom stereocenters. The molecule has 4 heterocycles. The Labute approximate surface area is 225 Å². The predicted octanol–water partition coefficient (Wildman–Crippen LogP) is 2.99. The number of aliphatic hydroxyl groups is 2. The van der Waals surface area contributed by atoms with Crippen LogP contribution in [0.1, 0.15) is 24.9 Å². The summed E-state index contributed by atoms with van der Waals surface area (Å²) in [6, 6.07) is -1.00. The van der Waals surface area contributed by atoms with Crippen molar-refractivity contribution in [2.24, 2.45) is 0 Å². The van der Waals surface area contributed by atoms with Gasteiger partial charge in [0, 0.05) is 12.8 Å². The van der Waals surface area contributed by atoms with Crippen LogP contribution in [0.2, 0.25) is 0 Å². The van der Waals surface area contributed by atoms with E-state index in [1.807, 2.05) is 0 Å². The molecule has 2 aliphatic carbocycles. The molecular formula is C22H24Cl2F4N8O2. The van der Waals surface area contributed by atoms with Crippen molar-refractivity contribution in [3.63, 3.8) is 0 Å². The average molecular weight is 579 g/mol. The number of rotatable bonds is 2. The molecule has 0 aromatic carbocycles. The molecule has 38 heavy (non-hydrogen) atoms. The van der Waals surface area contributed by atoms with Gasteiger partial charge in [-0.3, -0.25) is 0 Å². The van der Waals surface area contributed by atoms with E-state index in [2.05, 4.69) is 19.9 Å². The van der Waals surface area contributed by atoms with Crippen LogP contribution in [-0.4, -0.2) is 63.8 Å². The summed E-state index contributed by atoms with van der Waals surface area (Å²) in [5.74, 6) is -0.924. The quantitative estimate of drug-likeness (QED) is 0.209. The smallest absolute Gasteiger partial charge is 0.167 e. The number of allylic oxidation sites excluding steroid dienone is 2. The summed E-state index contributed by atoms with van der Waals surface area (Å²) in [5, 5.41) is 19.3. The number of pyridine rings is 2. The topological polar surface area (TPSA) is 154 Å². The fourth-order valence-corrected chi connectivity index (χ4v) is 4.64. The molecule has 6 rings (SSSR count). The molecule has 1 saturated carbocycles. The van der Waals surface area contributed by atoms with E-state index in [9.17, 15) is 27.8 Å². The zero-order valence-electron chi connectivity index (χ0n) is 19.4. The number of hydrogen-bond acceptors (Lipinski definition) is 8. The average Bonchev–Trinajstić information content (AvgIpc) is 3.63. The van der Waals surface area contributed by atoms with Gasteiger partial charge in [-0.25, -0.2) is 37.5 Å². The predicted molar refractivity (Wildman–Crippen MR) is 137 cm³/mol. The van der Waals surface area contributed by atoms with Gasteiger partial charge in [0.05, 0.1) is 37.1 Å². The minimum absolute atomic E-state index is 0. The third-order valence-corrected chi connectivity index (χ3v) is 6.46. The van der Waals surface area contributed by atoms with Crippen molar-refractivity contribution in [3.05, 3.63) is 48.8 Å². The normalized spacial score (nSPS) is 26.2. The van der Waals surface area contributed by atoms with E-state index in [0.717, 1.165) is 12.4 Å². The molecule has 0 amide bonds. The highest BCUT2D eigenvalue weighted by molar-refractivity contribution is 5.86. The van der Waals surface area contributed by atoms with E-state index in [0.29, 0.717) is 11.9 Å². The number of nitrogens with two attached hydrogens (primary N) is 2. The first kappa shape index (κ1) is 29.4. The molecule has 0 radical (unpaired) electrons. The van der Waals surface area contributed by atoms with Crippen LogP contribution in [-0.2, 0) is 0 Å². The van der Waals surface area contributed by atoms with Crippen LogP contribution >= 0.6 is 24.8 Å². The van der Waals surface area contributed by atoms with Crippen molar-refractivity contribution in [2.45, 2.75) is 49.5 Å². The first-order valence-corrected chi connectivity index (χ1v) is 11.0. The zero-order chi connectivity index (χ0) is 25.7. The SMILES string of the molecule is Cl.Cl.Nc1ncc(F)c2c1ncn2[C@@H]1C[C@H](F)[C@@H](O)[C@H]1O.Nc1ncc(F)c2c1ncn2[C@H]1C=C[C@@H](F)C1. The first-order chi connectivity index (χ1) is 17.2. The molecule has 0 bridgehead atoms. The summed E-state index contributed by atoms with van der Waals surface area (Å²) in [7, 11) is 0. The Morgan fingerprint density at radius 3 is 1.76 bits per heavy atom. The second kappa shape index (κ2) is 11.3. The maximum absolute atomic E-state index is 13.8. The molecular weight excluding hydrogens is 555 g/mol. The lowest BCUT2D eigenvalue weighted by Gasteiger charge is -2.18. The number of aromatic nitrogens is 6. The Morgan fingerprint density at radius 1 is 0.763 bits per heavy atom. The molecule has 16 heteroatoms. The van der Waals surface area contributed by atoms with Crippen LogP contribution < -0.4 is 11.5 Å². The number of halogens is 6. The van der Waals surface area contributed by atoms with E-state index < -0.39 is 42.2 Å². The maximum Gasteiger partial charge on any atom is 0.167 e. The van der Waals surface area contributed by atoms with Crippen LogP contribution in [0, 0.1) is 11.6 Å². The number of alkyl halides is 2. The Morgan fingerprint density at radius 2 is 1.29 bits per heavy atom. The van der Waals surface area contributed by atoms with E-state index in [4.69, 9.17) is 11.5 Å². The van der Waals surface area contributed by atoms with Gasteiger partial charge in [-0.1, -0.05) is 12.2 Å². The molecule has 0 saturated heterocycles. The molecule has 0 spiro atoms. The molecule has 1 fully saturated rings. The minimum Gasteiger partial charge on any atom is -0.388 e. The summed E-state index contributed by atoms with van der Waals surface area (Å²) >= 11 is 0. The highest BCUT2D eigenvalue weighted by Gasteiger charge is 2.43. The Balaban J connectivity index is 0.000000201. The van der Waals surface area contributed by atoms with Gasteiger partial charge in [0.25, 0.3) is 0 Å². The van der Waals surface area contributed by atoms with E-state index in [-0.39, 0.29) is 65.5 Å². The fraction of sp³-hybridized carbons (Fsp3) is 0.364. The molecule has 0 aliphatic heterocycles. The van der Waals surface area contributed by atoms with Crippen molar-refractivity contribution in [1.29, 1.82) is 0 Å². The molecule has 10 nitrogen and oxygen atoms in total. The van der Waals surface area contributed by atoms with Gasteiger partial charge in [-0.15, -0.1) is 24.8 Å². The van der Waals surface area contributed by atoms with Gasteiger partial charge in [0.2, 0.25) is 0 Å². The second-order valence-electron chi connectivity index (χ2n) is 8.69. The molecule has 6 atom stereocenters. The second-order valence-corrected chi connectivity index (χ2v) is 8.69. The number of nitrogens with zero attached hydrogens (tertiary/aromatic N) is 6. The standard InChI is InChI=1S/C11H12F2N4O2.C11H10F2N4.2ClH/c12-4-1-6(10(19)9(4)18)17-3-16-7-8(17)5(13)2-15-11(7)14;12-6-1-2-7(3-6)17-5-16-9-10(17)8(13)4-15-11(9)14;;/h2-4,6,9-10,18-19H,1H2,(H2,14,15);1-2,4-7H,3H2,(H2,14,15);2*1H/t4-,6+,9+,10-;6-,7+;;/m01../s1. The number of fused-ring (bicyclic) bond motifs is 2. The Hall–Kier alpha value is -3.20.